The van der Waals surface area contributed by atoms with E-state index in [9.17, 15) is 14.9 Å². The van der Waals surface area contributed by atoms with E-state index in [-0.39, 0.29) is 11.4 Å². The summed E-state index contributed by atoms with van der Waals surface area (Å²) in [5, 5.41) is 24.1. The van der Waals surface area contributed by atoms with Crippen LogP contribution in [0.25, 0.3) is 0 Å². The molecule has 3 rings (SSSR count). The topological polar surface area (TPSA) is 126 Å². The average molecular weight is 364 g/mol. The van der Waals surface area contributed by atoms with Crippen molar-refractivity contribution >= 4 is 28.1 Å². The minimum absolute atomic E-state index is 0.202. The third kappa shape index (κ3) is 3.85. The number of piperidine rings is 1. The molecule has 0 radical (unpaired) electrons. The molecule has 0 unspecified atom stereocenters. The summed E-state index contributed by atoms with van der Waals surface area (Å²) in [7, 11) is 0. The lowest BCUT2D eigenvalue weighted by Gasteiger charge is -2.20. The van der Waals surface area contributed by atoms with Crippen LogP contribution in [0.3, 0.4) is 0 Å². The number of aromatic amines is 1. The van der Waals surface area contributed by atoms with E-state index in [2.05, 4.69) is 25.8 Å². The number of aromatic nitrogens is 3. The maximum atomic E-state index is 12.4. The van der Waals surface area contributed by atoms with Gasteiger partial charge in [0, 0.05) is 11.1 Å². The van der Waals surface area contributed by atoms with Crippen molar-refractivity contribution in [3.8, 4) is 0 Å². The third-order valence-corrected chi connectivity index (χ3v) is 5.27. The van der Waals surface area contributed by atoms with Crippen molar-refractivity contribution in [2.45, 2.75) is 38.5 Å². The van der Waals surface area contributed by atoms with E-state index in [1.165, 1.54) is 11.3 Å². The highest BCUT2D eigenvalue weighted by Crippen LogP contribution is 2.32. The molecule has 0 bridgehead atoms. The Morgan fingerprint density at radius 1 is 1.48 bits per heavy atom. The van der Waals surface area contributed by atoms with Crippen LogP contribution in [-0.2, 0) is 6.42 Å². The van der Waals surface area contributed by atoms with Crippen molar-refractivity contribution in [2.75, 3.05) is 18.4 Å². The van der Waals surface area contributed by atoms with E-state index >= 15 is 0 Å². The lowest BCUT2D eigenvalue weighted by Crippen LogP contribution is -2.26. The highest BCUT2D eigenvalue weighted by Gasteiger charge is 2.29. The maximum absolute atomic E-state index is 12.4. The zero-order valence-electron chi connectivity index (χ0n) is 13.9. The highest BCUT2D eigenvalue weighted by atomic mass is 32.1. The number of hydrogen-bond donors (Lipinski definition) is 3. The Morgan fingerprint density at radius 2 is 2.24 bits per heavy atom. The molecule has 1 fully saturated rings. The molecular formula is C15H20N6O3S. The first-order chi connectivity index (χ1) is 12.1. The number of H-pyrrole nitrogens is 1. The van der Waals surface area contributed by atoms with Gasteiger partial charge in [-0.2, -0.15) is 5.10 Å². The van der Waals surface area contributed by atoms with Gasteiger partial charge in [0.15, 0.2) is 5.13 Å². The first-order valence-electron chi connectivity index (χ1n) is 8.29. The van der Waals surface area contributed by atoms with Gasteiger partial charge < -0.3 is 5.32 Å². The van der Waals surface area contributed by atoms with Crippen molar-refractivity contribution in [1.82, 2.24) is 20.5 Å². The van der Waals surface area contributed by atoms with Gasteiger partial charge in [-0.15, -0.1) is 11.3 Å². The Hall–Kier alpha value is -2.33. The van der Waals surface area contributed by atoms with Gasteiger partial charge in [0.1, 0.15) is 5.69 Å². The molecule has 1 amide bonds. The van der Waals surface area contributed by atoms with Crippen LogP contribution in [0.2, 0.25) is 0 Å². The molecule has 10 heteroatoms. The molecule has 25 heavy (non-hydrogen) atoms. The van der Waals surface area contributed by atoms with Crippen molar-refractivity contribution in [3.05, 3.63) is 32.6 Å². The molecule has 2 aromatic rings. The minimum Gasteiger partial charge on any atom is -0.317 e. The fraction of sp³-hybridized carbons (Fsp3) is 0.533. The minimum atomic E-state index is -0.614. The van der Waals surface area contributed by atoms with Crippen LogP contribution >= 0.6 is 11.3 Å². The van der Waals surface area contributed by atoms with Crippen LogP contribution in [-0.4, -0.2) is 39.1 Å². The zero-order chi connectivity index (χ0) is 17.8. The van der Waals surface area contributed by atoms with Crippen molar-refractivity contribution in [2.24, 2.45) is 0 Å². The smallest absolute Gasteiger partial charge is 0.317 e. The van der Waals surface area contributed by atoms with Crippen molar-refractivity contribution in [1.29, 1.82) is 0 Å². The predicted molar refractivity (Wildman–Crippen MR) is 94.1 cm³/mol. The molecule has 0 aromatic carbocycles. The number of aryl methyl sites for hydroxylation is 1. The molecule has 2 aromatic heterocycles. The van der Waals surface area contributed by atoms with E-state index in [0.717, 1.165) is 37.2 Å². The van der Waals surface area contributed by atoms with Gasteiger partial charge in [0.05, 0.1) is 4.92 Å². The molecule has 0 saturated carbocycles. The second-order valence-corrected chi connectivity index (χ2v) is 7.01. The van der Waals surface area contributed by atoms with Crippen molar-refractivity contribution < 1.29 is 9.72 Å². The Bertz CT molecular complexity index is 765. The summed E-state index contributed by atoms with van der Waals surface area (Å²) in [6.45, 7) is 3.86. The van der Waals surface area contributed by atoms with Crippen LogP contribution < -0.4 is 10.6 Å². The quantitative estimate of drug-likeness (QED) is 0.534. The summed E-state index contributed by atoms with van der Waals surface area (Å²) in [6.07, 6.45) is 5.04. The first-order valence-corrected chi connectivity index (χ1v) is 9.11. The molecule has 0 aliphatic carbocycles. The Morgan fingerprint density at radius 3 is 2.92 bits per heavy atom. The summed E-state index contributed by atoms with van der Waals surface area (Å²) in [5.41, 5.74) is -0.0891. The zero-order valence-corrected chi connectivity index (χ0v) is 14.7. The SMILES string of the molecule is CCCc1[nH]nc(C(=O)Nc2ncc(C3CCNCC3)s2)c1[N+](=O)[O-]. The lowest BCUT2D eigenvalue weighted by molar-refractivity contribution is -0.385. The highest BCUT2D eigenvalue weighted by molar-refractivity contribution is 7.15. The largest absolute Gasteiger partial charge is 0.322 e. The number of hydrogen-bond acceptors (Lipinski definition) is 7. The number of rotatable bonds is 6. The summed E-state index contributed by atoms with van der Waals surface area (Å²) < 4.78 is 0. The van der Waals surface area contributed by atoms with Crippen LogP contribution in [0.15, 0.2) is 6.20 Å². The molecule has 1 saturated heterocycles. The summed E-state index contributed by atoms with van der Waals surface area (Å²) in [6, 6.07) is 0. The molecule has 3 heterocycles. The number of carbonyl (C=O) groups is 1. The van der Waals surface area contributed by atoms with Gasteiger partial charge in [-0.25, -0.2) is 4.98 Å². The number of nitrogens with one attached hydrogen (secondary N) is 3. The molecule has 1 aliphatic rings. The molecule has 1 aliphatic heterocycles. The standard InChI is InChI=1S/C15H20N6O3S/c1-2-3-10-13(21(23)24)12(20-19-10)14(22)18-15-17-8-11(25-15)9-4-6-16-7-5-9/h8-9,16H,2-7H2,1H3,(H,19,20)(H,17,18,22). The lowest BCUT2D eigenvalue weighted by atomic mass is 9.97. The second kappa shape index (κ2) is 7.70. The van der Waals surface area contributed by atoms with Crippen LogP contribution in [0, 0.1) is 10.1 Å². The van der Waals surface area contributed by atoms with E-state index in [1.807, 2.05) is 6.92 Å². The predicted octanol–water partition coefficient (Wildman–Crippen LogP) is 2.45. The Kier molecular flexibility index (Phi) is 5.39. The fourth-order valence-electron chi connectivity index (χ4n) is 2.95. The van der Waals surface area contributed by atoms with Gasteiger partial charge in [0.25, 0.3) is 5.91 Å². The van der Waals surface area contributed by atoms with Gasteiger partial charge in [0.2, 0.25) is 5.69 Å². The molecule has 134 valence electrons. The van der Waals surface area contributed by atoms with Gasteiger partial charge in [-0.3, -0.25) is 25.3 Å². The number of carbonyl (C=O) groups excluding carboxylic acids is 1. The molecule has 0 spiro atoms. The van der Waals surface area contributed by atoms with Crippen molar-refractivity contribution in [3.63, 3.8) is 0 Å². The molecule has 3 N–H and O–H groups in total. The summed E-state index contributed by atoms with van der Waals surface area (Å²) >= 11 is 1.42. The molecule has 0 atom stereocenters. The van der Waals surface area contributed by atoms with Crippen LogP contribution in [0.5, 0.6) is 0 Å². The monoisotopic (exact) mass is 364 g/mol. The molecule has 9 nitrogen and oxygen atoms in total. The van der Waals surface area contributed by atoms with Crippen LogP contribution in [0.1, 0.15) is 53.2 Å². The van der Waals surface area contributed by atoms with E-state index in [4.69, 9.17) is 0 Å². The second-order valence-electron chi connectivity index (χ2n) is 5.95. The van der Waals surface area contributed by atoms with E-state index in [1.54, 1.807) is 6.20 Å². The maximum Gasteiger partial charge on any atom is 0.322 e. The fourth-order valence-corrected chi connectivity index (χ4v) is 3.93. The number of anilines is 1. The van der Waals surface area contributed by atoms with Gasteiger partial charge in [-0.05, 0) is 38.3 Å². The van der Waals surface area contributed by atoms with E-state index < -0.39 is 10.8 Å². The van der Waals surface area contributed by atoms with Gasteiger partial charge >= 0.3 is 5.69 Å². The summed E-state index contributed by atoms with van der Waals surface area (Å²) in [5.74, 6) is -0.170. The number of nitro groups is 1. The Balaban J connectivity index is 1.74. The third-order valence-electron chi connectivity index (χ3n) is 4.20. The van der Waals surface area contributed by atoms with Gasteiger partial charge in [-0.1, -0.05) is 13.3 Å². The number of amides is 1. The van der Waals surface area contributed by atoms with E-state index in [0.29, 0.717) is 23.2 Å². The number of nitrogens with zero attached hydrogens (tertiary/aromatic N) is 3. The number of thiazole rings is 1. The molecular weight excluding hydrogens is 344 g/mol. The van der Waals surface area contributed by atoms with Crippen LogP contribution in [0.4, 0.5) is 10.8 Å². The first kappa shape index (κ1) is 17.5. The Labute approximate surface area is 148 Å². The average Bonchev–Trinajstić information content (AvgIpc) is 3.23. The summed E-state index contributed by atoms with van der Waals surface area (Å²) in [4.78, 5) is 28.5. The normalized spacial score (nSPS) is 15.2.